The number of methoxy groups -OCH3 is 1. The zero-order valence-corrected chi connectivity index (χ0v) is 17.9. The van der Waals surface area contributed by atoms with Gasteiger partial charge in [0.25, 0.3) is 0 Å². The minimum Gasteiger partial charge on any atom is -0.508 e. The fraction of sp³-hybridized carbons (Fsp3) is 0.667. The van der Waals surface area contributed by atoms with Crippen molar-refractivity contribution in [3.05, 3.63) is 29.8 Å². The van der Waals surface area contributed by atoms with Crippen molar-refractivity contribution in [2.45, 2.75) is 63.0 Å². The number of ether oxygens (including phenoxy) is 2. The highest BCUT2D eigenvalue weighted by Crippen LogP contribution is 2.42. The average Bonchev–Trinajstić information content (AvgIpc) is 3.08. The van der Waals surface area contributed by atoms with Crippen LogP contribution in [0.4, 0.5) is 0 Å². The number of benzene rings is 1. The number of nitrogens with one attached hydrogen (secondary N) is 1. The van der Waals surface area contributed by atoms with Crippen LogP contribution in [-0.2, 0) is 24.3 Å². The van der Waals surface area contributed by atoms with Gasteiger partial charge in [0, 0.05) is 6.04 Å². The summed E-state index contributed by atoms with van der Waals surface area (Å²) in [5, 5.41) is 9.69. The van der Waals surface area contributed by atoms with Gasteiger partial charge >= 0.3 is 5.97 Å². The van der Waals surface area contributed by atoms with Gasteiger partial charge in [0.1, 0.15) is 5.75 Å². The summed E-state index contributed by atoms with van der Waals surface area (Å²) in [7, 11) is -1.96. The first-order valence-corrected chi connectivity index (χ1v) is 12.1. The maximum absolute atomic E-state index is 12.5. The third-order valence-corrected chi connectivity index (χ3v) is 6.98. The van der Waals surface area contributed by atoms with E-state index in [0.717, 1.165) is 37.5 Å². The number of carbonyl (C=O) groups excluding carboxylic acids is 1. The lowest BCUT2D eigenvalue weighted by Crippen LogP contribution is -2.39. The number of phenols is 1. The Hall–Kier alpha value is -1.64. The first-order chi connectivity index (χ1) is 13.7. The third kappa shape index (κ3) is 5.71. The smallest absolute Gasteiger partial charge is 0.314 e. The molecular formula is C21H31NO6S. The quantitative estimate of drug-likeness (QED) is 0.651. The summed E-state index contributed by atoms with van der Waals surface area (Å²) in [6, 6.07) is 7.15. The van der Waals surface area contributed by atoms with Crippen molar-refractivity contribution in [3.8, 4) is 5.75 Å². The number of hydrogen-bond acceptors (Lipinski definition) is 6. The van der Waals surface area contributed by atoms with Gasteiger partial charge in [-0.05, 0) is 68.6 Å². The standard InChI is InChI=1S/C21H31NO6S/c1-27-20(24)21(11-10-17(13-21)22-29(2,25)26)14-28-19-8-6-15(7-9-19)16-4-3-5-18(23)12-16/h3-5,12,15,17,19,22-23H,6-11,13-14H2,1-2H3/t15?,17-,19?,21-/m0/s1. The van der Waals surface area contributed by atoms with E-state index in [9.17, 15) is 18.3 Å². The maximum atomic E-state index is 12.5. The summed E-state index contributed by atoms with van der Waals surface area (Å²) in [4.78, 5) is 12.5. The van der Waals surface area contributed by atoms with Crippen LogP contribution in [0.3, 0.4) is 0 Å². The van der Waals surface area contributed by atoms with Crippen molar-refractivity contribution < 1.29 is 27.8 Å². The van der Waals surface area contributed by atoms with Gasteiger partial charge in [0.2, 0.25) is 10.0 Å². The Kier molecular flexibility index (Phi) is 6.86. The van der Waals surface area contributed by atoms with Gasteiger partial charge in [-0.1, -0.05) is 12.1 Å². The van der Waals surface area contributed by atoms with Gasteiger partial charge in [-0.15, -0.1) is 0 Å². The summed E-state index contributed by atoms with van der Waals surface area (Å²) in [6.45, 7) is 0.253. The van der Waals surface area contributed by atoms with Crippen LogP contribution < -0.4 is 4.72 Å². The summed E-state index contributed by atoms with van der Waals surface area (Å²) >= 11 is 0. The number of rotatable bonds is 7. The van der Waals surface area contributed by atoms with Gasteiger partial charge in [-0.25, -0.2) is 13.1 Å². The molecule has 0 heterocycles. The van der Waals surface area contributed by atoms with E-state index >= 15 is 0 Å². The first kappa shape index (κ1) is 22.1. The lowest BCUT2D eigenvalue weighted by molar-refractivity contribution is -0.158. The lowest BCUT2D eigenvalue weighted by Gasteiger charge is -2.32. The molecule has 1 aromatic rings. The second-order valence-corrected chi connectivity index (χ2v) is 10.3. The van der Waals surface area contributed by atoms with E-state index in [-0.39, 0.29) is 24.7 Å². The van der Waals surface area contributed by atoms with Crippen LogP contribution in [0.5, 0.6) is 5.75 Å². The van der Waals surface area contributed by atoms with Gasteiger partial charge in [0.05, 0.1) is 31.5 Å². The molecule has 29 heavy (non-hydrogen) atoms. The molecule has 0 unspecified atom stereocenters. The Balaban J connectivity index is 1.55. The predicted molar refractivity (Wildman–Crippen MR) is 109 cm³/mol. The molecule has 0 aromatic heterocycles. The molecule has 0 spiro atoms. The second kappa shape index (κ2) is 9.02. The second-order valence-electron chi connectivity index (χ2n) is 8.48. The zero-order chi connectivity index (χ0) is 21.1. The summed E-state index contributed by atoms with van der Waals surface area (Å²) in [5.74, 6) is 0.370. The first-order valence-electron chi connectivity index (χ1n) is 10.2. The van der Waals surface area contributed by atoms with Crippen molar-refractivity contribution in [1.82, 2.24) is 4.72 Å². The van der Waals surface area contributed by atoms with Crippen LogP contribution in [0.25, 0.3) is 0 Å². The molecule has 0 amide bonds. The molecule has 2 atom stereocenters. The summed E-state index contributed by atoms with van der Waals surface area (Å²) in [5.41, 5.74) is 0.360. The molecule has 7 nitrogen and oxygen atoms in total. The van der Waals surface area contributed by atoms with Crippen molar-refractivity contribution in [1.29, 1.82) is 0 Å². The summed E-state index contributed by atoms with van der Waals surface area (Å²) < 4.78 is 36.9. The fourth-order valence-corrected chi connectivity index (χ4v) is 5.55. The van der Waals surface area contributed by atoms with Gasteiger partial charge < -0.3 is 14.6 Å². The molecule has 3 rings (SSSR count). The van der Waals surface area contributed by atoms with Crippen LogP contribution in [0.2, 0.25) is 0 Å². The van der Waals surface area contributed by atoms with E-state index in [1.54, 1.807) is 6.07 Å². The predicted octanol–water partition coefficient (Wildman–Crippen LogP) is 2.70. The monoisotopic (exact) mass is 425 g/mol. The molecule has 2 aliphatic rings. The molecule has 0 saturated heterocycles. The van der Waals surface area contributed by atoms with E-state index in [1.807, 2.05) is 18.2 Å². The minimum absolute atomic E-state index is 0.0759. The molecular weight excluding hydrogens is 394 g/mol. The fourth-order valence-electron chi connectivity index (χ4n) is 4.74. The van der Waals surface area contributed by atoms with E-state index < -0.39 is 15.4 Å². The lowest BCUT2D eigenvalue weighted by atomic mass is 9.82. The van der Waals surface area contributed by atoms with Crippen LogP contribution in [0.15, 0.2) is 24.3 Å². The molecule has 2 aliphatic carbocycles. The molecule has 0 aliphatic heterocycles. The number of carbonyl (C=O) groups is 1. The van der Waals surface area contributed by atoms with Crippen molar-refractivity contribution in [3.63, 3.8) is 0 Å². The number of phenolic OH excluding ortho intramolecular Hbond substituents is 1. The molecule has 1 aromatic carbocycles. The van der Waals surface area contributed by atoms with Gasteiger partial charge in [-0.3, -0.25) is 4.79 Å². The van der Waals surface area contributed by atoms with E-state index in [2.05, 4.69) is 4.72 Å². The van der Waals surface area contributed by atoms with Crippen molar-refractivity contribution >= 4 is 16.0 Å². The number of esters is 1. The summed E-state index contributed by atoms with van der Waals surface area (Å²) in [6.07, 6.45) is 6.46. The van der Waals surface area contributed by atoms with E-state index in [1.165, 1.54) is 7.11 Å². The Morgan fingerprint density at radius 3 is 2.59 bits per heavy atom. The van der Waals surface area contributed by atoms with Crippen LogP contribution in [0, 0.1) is 5.41 Å². The SMILES string of the molecule is COC(=O)[C@@]1(COC2CCC(c3cccc(O)c3)CC2)CC[C@H](NS(C)(=O)=O)C1. The zero-order valence-electron chi connectivity index (χ0n) is 17.1. The highest BCUT2D eigenvalue weighted by atomic mass is 32.2. The molecule has 0 radical (unpaired) electrons. The molecule has 2 saturated carbocycles. The van der Waals surface area contributed by atoms with Crippen LogP contribution in [0.1, 0.15) is 56.4 Å². The Labute approximate surface area is 172 Å². The third-order valence-electron chi connectivity index (χ3n) is 6.22. The topological polar surface area (TPSA) is 102 Å². The molecule has 8 heteroatoms. The number of sulfonamides is 1. The van der Waals surface area contributed by atoms with Gasteiger partial charge in [-0.2, -0.15) is 0 Å². The number of aromatic hydroxyl groups is 1. The van der Waals surface area contributed by atoms with E-state index in [4.69, 9.17) is 9.47 Å². The Morgan fingerprint density at radius 2 is 1.97 bits per heavy atom. The highest BCUT2D eigenvalue weighted by Gasteiger charge is 2.47. The highest BCUT2D eigenvalue weighted by molar-refractivity contribution is 7.88. The van der Waals surface area contributed by atoms with E-state index in [0.29, 0.717) is 30.9 Å². The van der Waals surface area contributed by atoms with Gasteiger partial charge in [0.15, 0.2) is 0 Å². The molecule has 0 bridgehead atoms. The molecule has 2 N–H and O–H groups in total. The Bertz CT molecular complexity index is 818. The van der Waals surface area contributed by atoms with Crippen LogP contribution in [-0.4, -0.2) is 51.6 Å². The Morgan fingerprint density at radius 1 is 1.24 bits per heavy atom. The van der Waals surface area contributed by atoms with Crippen molar-refractivity contribution in [2.24, 2.45) is 5.41 Å². The normalized spacial score (nSPS) is 30.2. The number of hydrogen-bond donors (Lipinski definition) is 2. The maximum Gasteiger partial charge on any atom is 0.314 e. The molecule has 2 fully saturated rings. The minimum atomic E-state index is -3.32. The average molecular weight is 426 g/mol. The molecule has 162 valence electrons. The van der Waals surface area contributed by atoms with Crippen LogP contribution >= 0.6 is 0 Å². The van der Waals surface area contributed by atoms with Crippen molar-refractivity contribution in [2.75, 3.05) is 20.0 Å². The largest absolute Gasteiger partial charge is 0.508 e.